The van der Waals surface area contributed by atoms with Gasteiger partial charge in [-0.1, -0.05) is 156 Å². The third kappa shape index (κ3) is 6.76. The van der Waals surface area contributed by atoms with Crippen molar-refractivity contribution >= 4 is 40.0 Å². The molecule has 3 aliphatic rings. The Morgan fingerprint density at radius 3 is 1.54 bits per heavy atom. The predicted molar refractivity (Wildman–Crippen MR) is 234 cm³/mol. The summed E-state index contributed by atoms with van der Waals surface area (Å²) >= 11 is 0. The Hall–Kier alpha value is -4.82. The van der Waals surface area contributed by atoms with Gasteiger partial charge in [-0.2, -0.15) is 0 Å². The molecule has 52 heavy (non-hydrogen) atoms. The van der Waals surface area contributed by atoms with Crippen LogP contribution < -0.4 is 0 Å². The molecule has 0 fully saturated rings. The number of fused-ring (bicyclic) bond motifs is 9. The standard InChI is InChI=1S/C40H32N2.5C2H6/c1-40(2)34-24-26(41-36-16-5-3-4-12-30(36)31-13-6-9-17-37(31)41)20-22-28(34)29-23-21-27(25-35(29)40)42-38-18-10-7-14-32(38)33-15-8-11-19-39(33)42;5*1-2/h4-5,7-12,14-25H,3,6,13H2,1-2H3;5*1-2H3. The quantitative estimate of drug-likeness (QED) is 0.171. The van der Waals surface area contributed by atoms with E-state index in [1.165, 1.54) is 77.9 Å². The van der Waals surface area contributed by atoms with E-state index in [0.29, 0.717) is 0 Å². The average Bonchev–Trinajstić information content (AvgIpc) is 3.71. The Morgan fingerprint density at radius 1 is 0.500 bits per heavy atom. The molecule has 2 heterocycles. The molecule has 9 rings (SSSR count). The number of nitrogens with zero attached hydrogens (tertiary/aromatic N) is 2. The van der Waals surface area contributed by atoms with E-state index in [4.69, 9.17) is 0 Å². The van der Waals surface area contributed by atoms with E-state index in [-0.39, 0.29) is 5.41 Å². The van der Waals surface area contributed by atoms with Crippen LogP contribution in [0.25, 0.3) is 62.5 Å². The third-order valence-corrected chi connectivity index (χ3v) is 9.80. The van der Waals surface area contributed by atoms with Crippen LogP contribution in [-0.4, -0.2) is 9.13 Å². The first-order valence-electron chi connectivity index (χ1n) is 20.2. The van der Waals surface area contributed by atoms with Gasteiger partial charge in [-0.05, 0) is 95.6 Å². The Bertz CT molecular complexity index is 2140. The number of para-hydroxylation sites is 2. The molecule has 0 saturated carbocycles. The van der Waals surface area contributed by atoms with Gasteiger partial charge in [-0.15, -0.1) is 0 Å². The number of hydrogen-bond acceptors (Lipinski definition) is 0. The Labute approximate surface area is 315 Å². The molecule has 2 heteroatoms. The normalized spacial score (nSPS) is 13.5. The number of allylic oxidation sites excluding steroid dienone is 3. The molecule has 0 spiro atoms. The van der Waals surface area contributed by atoms with Crippen molar-refractivity contribution in [2.24, 2.45) is 0 Å². The summed E-state index contributed by atoms with van der Waals surface area (Å²) in [6.45, 7) is 24.8. The summed E-state index contributed by atoms with van der Waals surface area (Å²) in [6.07, 6.45) is 17.1. The summed E-state index contributed by atoms with van der Waals surface area (Å²) < 4.78 is 4.93. The lowest BCUT2D eigenvalue weighted by atomic mass is 9.82. The summed E-state index contributed by atoms with van der Waals surface area (Å²) in [5.41, 5.74) is 15.9. The van der Waals surface area contributed by atoms with Gasteiger partial charge >= 0.3 is 0 Å². The van der Waals surface area contributed by atoms with Crippen molar-refractivity contribution in [1.82, 2.24) is 9.13 Å². The van der Waals surface area contributed by atoms with Crippen LogP contribution in [0.15, 0.2) is 103 Å². The fraction of sp³-hybridized carbons (Fsp3) is 0.320. The van der Waals surface area contributed by atoms with Gasteiger partial charge in [0.2, 0.25) is 0 Å². The van der Waals surface area contributed by atoms with E-state index in [1.54, 1.807) is 0 Å². The summed E-state index contributed by atoms with van der Waals surface area (Å²) in [7, 11) is 0. The van der Waals surface area contributed by atoms with Crippen LogP contribution >= 0.6 is 0 Å². The minimum absolute atomic E-state index is 0.120. The molecule has 0 N–H and O–H groups in total. The summed E-state index contributed by atoms with van der Waals surface area (Å²) in [5.74, 6) is 0. The molecule has 272 valence electrons. The summed E-state index contributed by atoms with van der Waals surface area (Å²) in [4.78, 5) is 0. The van der Waals surface area contributed by atoms with Crippen molar-refractivity contribution in [3.05, 3.63) is 137 Å². The van der Waals surface area contributed by atoms with Crippen molar-refractivity contribution in [3.8, 4) is 22.5 Å². The van der Waals surface area contributed by atoms with Gasteiger partial charge in [0.1, 0.15) is 0 Å². The maximum atomic E-state index is 2.50. The van der Waals surface area contributed by atoms with Gasteiger partial charge in [0.15, 0.2) is 0 Å². The molecule has 6 aromatic rings. The Kier molecular flexibility index (Phi) is 13.9. The molecule has 0 atom stereocenters. The number of hydrogen-bond donors (Lipinski definition) is 0. The van der Waals surface area contributed by atoms with Crippen LogP contribution in [0.5, 0.6) is 0 Å². The lowest BCUT2D eigenvalue weighted by Crippen LogP contribution is -2.16. The highest BCUT2D eigenvalue weighted by Crippen LogP contribution is 2.50. The predicted octanol–water partition coefficient (Wildman–Crippen LogP) is 15.4. The second kappa shape index (κ2) is 18.1. The van der Waals surface area contributed by atoms with Crippen molar-refractivity contribution in [2.45, 2.75) is 108 Å². The topological polar surface area (TPSA) is 9.86 Å². The third-order valence-electron chi connectivity index (χ3n) is 9.80. The molecule has 0 amide bonds. The number of benzene rings is 4. The second-order valence-corrected chi connectivity index (χ2v) is 12.4. The fourth-order valence-electron chi connectivity index (χ4n) is 7.80. The zero-order chi connectivity index (χ0) is 38.0. The van der Waals surface area contributed by atoms with Gasteiger partial charge in [0, 0.05) is 38.8 Å². The van der Waals surface area contributed by atoms with Crippen molar-refractivity contribution in [2.75, 3.05) is 0 Å². The highest BCUT2D eigenvalue weighted by molar-refractivity contribution is 6.09. The number of aromatic nitrogens is 2. The van der Waals surface area contributed by atoms with Crippen LogP contribution in [0.2, 0.25) is 0 Å². The molecule has 3 aliphatic carbocycles. The minimum atomic E-state index is -0.120. The summed E-state index contributed by atoms with van der Waals surface area (Å²) in [6, 6.07) is 31.8. The molecule has 2 nitrogen and oxygen atoms in total. The van der Waals surface area contributed by atoms with Crippen LogP contribution in [0.4, 0.5) is 0 Å². The van der Waals surface area contributed by atoms with Gasteiger partial charge in [0.05, 0.1) is 16.7 Å². The number of rotatable bonds is 2. The molecule has 2 aromatic heterocycles. The molecular formula is C50H62N2. The van der Waals surface area contributed by atoms with Crippen LogP contribution in [0, 0.1) is 0 Å². The zero-order valence-corrected chi connectivity index (χ0v) is 34.1. The maximum Gasteiger partial charge on any atom is 0.0541 e. The highest BCUT2D eigenvalue weighted by Gasteiger charge is 2.36. The Morgan fingerprint density at radius 2 is 0.981 bits per heavy atom. The molecule has 0 saturated heterocycles. The van der Waals surface area contributed by atoms with Crippen molar-refractivity contribution in [1.29, 1.82) is 0 Å². The smallest absolute Gasteiger partial charge is 0.0541 e. The largest absolute Gasteiger partial charge is 0.310 e. The molecule has 0 bridgehead atoms. The van der Waals surface area contributed by atoms with E-state index in [0.717, 1.165) is 19.3 Å². The summed E-state index contributed by atoms with van der Waals surface area (Å²) in [5, 5.41) is 2.60. The van der Waals surface area contributed by atoms with E-state index in [1.807, 2.05) is 69.2 Å². The van der Waals surface area contributed by atoms with Crippen LogP contribution in [0.3, 0.4) is 0 Å². The highest BCUT2D eigenvalue weighted by atomic mass is 15.0. The van der Waals surface area contributed by atoms with E-state index >= 15 is 0 Å². The van der Waals surface area contributed by atoms with Crippen LogP contribution in [-0.2, 0) is 11.8 Å². The molecular weight excluding hydrogens is 629 g/mol. The molecule has 0 aliphatic heterocycles. The molecule has 4 aromatic carbocycles. The molecule has 0 unspecified atom stereocenters. The minimum Gasteiger partial charge on any atom is -0.310 e. The maximum absolute atomic E-state index is 2.50. The molecule has 0 radical (unpaired) electrons. The average molecular weight is 691 g/mol. The van der Waals surface area contributed by atoms with E-state index < -0.39 is 0 Å². The van der Waals surface area contributed by atoms with Gasteiger partial charge < -0.3 is 9.13 Å². The van der Waals surface area contributed by atoms with Crippen LogP contribution in [0.1, 0.15) is 130 Å². The first-order valence-corrected chi connectivity index (χ1v) is 20.2. The second-order valence-electron chi connectivity index (χ2n) is 12.4. The fourth-order valence-corrected chi connectivity index (χ4v) is 7.80. The van der Waals surface area contributed by atoms with Gasteiger partial charge in [0.25, 0.3) is 0 Å². The van der Waals surface area contributed by atoms with Gasteiger partial charge in [-0.3, -0.25) is 0 Å². The Balaban J connectivity index is 0.000000561. The van der Waals surface area contributed by atoms with E-state index in [9.17, 15) is 0 Å². The first-order chi connectivity index (χ1) is 25.6. The first kappa shape index (κ1) is 40.0. The zero-order valence-electron chi connectivity index (χ0n) is 34.1. The van der Waals surface area contributed by atoms with E-state index in [2.05, 4.69) is 144 Å². The van der Waals surface area contributed by atoms with Crippen molar-refractivity contribution < 1.29 is 0 Å². The lowest BCUT2D eigenvalue weighted by molar-refractivity contribution is 0.659. The monoisotopic (exact) mass is 690 g/mol. The SMILES string of the molecule is CC.CC.CC.CC.CC.CC1(C)c2cc(-n3c4c(c5c3C=CCC5)C=CCC=C4)ccc2-c2ccc(-n3c4ccccc4c4ccccc43)cc21. The lowest BCUT2D eigenvalue weighted by Gasteiger charge is -2.23. The van der Waals surface area contributed by atoms with Crippen molar-refractivity contribution in [3.63, 3.8) is 0 Å². The van der Waals surface area contributed by atoms with Gasteiger partial charge in [-0.25, -0.2) is 0 Å².